The lowest BCUT2D eigenvalue weighted by molar-refractivity contribution is -0.384. The molecule has 8 nitrogen and oxygen atoms in total. The van der Waals surface area contributed by atoms with Crippen LogP contribution in [-0.4, -0.2) is 34.1 Å². The van der Waals surface area contributed by atoms with E-state index in [9.17, 15) is 24.5 Å². The van der Waals surface area contributed by atoms with E-state index in [0.29, 0.717) is 11.4 Å². The smallest absolute Gasteiger partial charge is 0.270 e. The van der Waals surface area contributed by atoms with Gasteiger partial charge in [0.15, 0.2) is 0 Å². The lowest BCUT2D eigenvalue weighted by Gasteiger charge is -2.20. The Hall–Kier alpha value is -3.26. The van der Waals surface area contributed by atoms with Gasteiger partial charge >= 0.3 is 0 Å². The molecule has 1 unspecified atom stereocenters. The number of imide groups is 1. The molecule has 2 aromatic carbocycles. The van der Waals surface area contributed by atoms with Crippen LogP contribution in [-0.2, 0) is 4.79 Å². The fraction of sp³-hybridized carbons (Fsp3) is 0.211. The summed E-state index contributed by atoms with van der Waals surface area (Å²) in [4.78, 5) is 48.4. The lowest BCUT2D eigenvalue weighted by Crippen LogP contribution is -2.41. The highest BCUT2D eigenvalue weighted by Crippen LogP contribution is 2.27. The average molecular weight is 402 g/mol. The molecule has 1 N–H and O–H groups in total. The van der Waals surface area contributed by atoms with Gasteiger partial charge in [-0.15, -0.1) is 0 Å². The Labute approximate surface area is 165 Å². The maximum absolute atomic E-state index is 12.5. The van der Waals surface area contributed by atoms with Crippen LogP contribution in [0.5, 0.6) is 0 Å². The predicted octanol–water partition coefficient (Wildman–Crippen LogP) is 3.11. The maximum Gasteiger partial charge on any atom is 0.270 e. The van der Waals surface area contributed by atoms with Crippen molar-refractivity contribution in [3.63, 3.8) is 0 Å². The van der Waals surface area contributed by atoms with Gasteiger partial charge in [0.05, 0.1) is 22.1 Å². The number of carbonyl (C=O) groups is 3. The zero-order chi connectivity index (χ0) is 20.4. The van der Waals surface area contributed by atoms with Crippen LogP contribution in [0.3, 0.4) is 0 Å². The second-order valence-corrected chi connectivity index (χ2v) is 6.70. The number of carbonyl (C=O) groups excluding carboxylic acids is 3. The van der Waals surface area contributed by atoms with Crippen LogP contribution in [0.15, 0.2) is 42.5 Å². The van der Waals surface area contributed by atoms with E-state index in [2.05, 4.69) is 5.32 Å². The van der Waals surface area contributed by atoms with Crippen molar-refractivity contribution in [2.45, 2.75) is 19.4 Å². The second-order valence-electron chi connectivity index (χ2n) is 6.26. The number of nitrogens with zero attached hydrogens (tertiary/aromatic N) is 2. The number of amides is 3. The van der Waals surface area contributed by atoms with Crippen LogP contribution in [0, 0.1) is 10.1 Å². The van der Waals surface area contributed by atoms with E-state index in [4.69, 9.17) is 11.6 Å². The molecule has 0 aliphatic carbocycles. The predicted molar refractivity (Wildman–Crippen MR) is 101 cm³/mol. The molecule has 3 rings (SSSR count). The van der Waals surface area contributed by atoms with Crippen molar-refractivity contribution in [3.8, 4) is 0 Å². The standard InChI is InChI=1S/C19H16ClN3O5/c1-2-16(11-3-5-12(20)6-4-11)21-17(24)10-22-18(25)14-8-7-13(23(27)28)9-15(14)19(22)26/h3-9,16H,2,10H2,1H3,(H,21,24). The zero-order valence-electron chi connectivity index (χ0n) is 14.8. The molecule has 2 aromatic rings. The van der Waals surface area contributed by atoms with E-state index in [1.807, 2.05) is 6.92 Å². The number of non-ortho nitro benzene ring substituents is 1. The Bertz CT molecular complexity index is 974. The van der Waals surface area contributed by atoms with Gasteiger partial charge in [0, 0.05) is 17.2 Å². The number of benzene rings is 2. The number of nitrogens with one attached hydrogen (secondary N) is 1. The molecule has 9 heteroatoms. The van der Waals surface area contributed by atoms with Crippen LogP contribution in [0.4, 0.5) is 5.69 Å². The number of nitro benzene ring substituents is 1. The third kappa shape index (κ3) is 3.72. The fourth-order valence-corrected chi connectivity index (χ4v) is 3.16. The first-order valence-electron chi connectivity index (χ1n) is 8.51. The number of rotatable bonds is 6. The molecular weight excluding hydrogens is 386 g/mol. The number of fused-ring (bicyclic) bond motifs is 1. The van der Waals surface area contributed by atoms with E-state index < -0.39 is 29.2 Å². The average Bonchev–Trinajstić information content (AvgIpc) is 2.91. The van der Waals surface area contributed by atoms with Crippen molar-refractivity contribution in [2.75, 3.05) is 6.54 Å². The molecule has 1 aliphatic heterocycles. The summed E-state index contributed by atoms with van der Waals surface area (Å²) in [6.45, 7) is 1.42. The molecule has 28 heavy (non-hydrogen) atoms. The molecule has 1 aliphatic rings. The molecular formula is C19H16ClN3O5. The summed E-state index contributed by atoms with van der Waals surface area (Å²) in [6, 6.07) is 10.1. The van der Waals surface area contributed by atoms with Gasteiger partial charge in [-0.05, 0) is 30.2 Å². The third-order valence-electron chi connectivity index (χ3n) is 4.48. The van der Waals surface area contributed by atoms with Crippen LogP contribution in [0.25, 0.3) is 0 Å². The summed E-state index contributed by atoms with van der Waals surface area (Å²) in [5, 5.41) is 14.2. The molecule has 1 heterocycles. The highest BCUT2D eigenvalue weighted by Gasteiger charge is 2.38. The summed E-state index contributed by atoms with van der Waals surface area (Å²) in [5.74, 6) is -1.88. The molecule has 1 atom stereocenters. The van der Waals surface area contributed by atoms with Crippen molar-refractivity contribution in [1.29, 1.82) is 0 Å². The molecule has 0 fully saturated rings. The molecule has 0 saturated heterocycles. The van der Waals surface area contributed by atoms with E-state index in [1.165, 1.54) is 6.07 Å². The van der Waals surface area contributed by atoms with Crippen molar-refractivity contribution in [1.82, 2.24) is 10.2 Å². The summed E-state index contributed by atoms with van der Waals surface area (Å²) in [7, 11) is 0. The van der Waals surface area contributed by atoms with Crippen LogP contribution in [0.1, 0.15) is 45.7 Å². The Morgan fingerprint density at radius 1 is 1.14 bits per heavy atom. The van der Waals surface area contributed by atoms with Gasteiger partial charge in [-0.3, -0.25) is 29.4 Å². The minimum absolute atomic E-state index is 0.0492. The summed E-state index contributed by atoms with van der Waals surface area (Å²) in [5.41, 5.74) is 0.531. The molecule has 0 saturated carbocycles. The highest BCUT2D eigenvalue weighted by molar-refractivity contribution is 6.30. The normalized spacial score (nSPS) is 14.0. The highest BCUT2D eigenvalue weighted by atomic mass is 35.5. The van der Waals surface area contributed by atoms with Crippen molar-refractivity contribution < 1.29 is 19.3 Å². The van der Waals surface area contributed by atoms with Gasteiger partial charge in [-0.1, -0.05) is 30.7 Å². The van der Waals surface area contributed by atoms with Gasteiger partial charge < -0.3 is 5.32 Å². The van der Waals surface area contributed by atoms with Crippen LogP contribution < -0.4 is 5.32 Å². The summed E-state index contributed by atoms with van der Waals surface area (Å²) >= 11 is 5.87. The Kier molecular flexibility index (Phi) is 5.41. The second kappa shape index (κ2) is 7.77. The molecule has 0 bridgehead atoms. The molecule has 144 valence electrons. The summed E-state index contributed by atoms with van der Waals surface area (Å²) < 4.78 is 0. The first-order chi connectivity index (χ1) is 13.3. The molecule has 3 amide bonds. The third-order valence-corrected chi connectivity index (χ3v) is 4.73. The molecule has 0 aromatic heterocycles. The SMILES string of the molecule is CCC(NC(=O)CN1C(=O)c2ccc([N+](=O)[O-])cc2C1=O)c1ccc(Cl)cc1. The Morgan fingerprint density at radius 2 is 1.79 bits per heavy atom. The van der Waals surface area contributed by atoms with Gasteiger partial charge in [-0.2, -0.15) is 0 Å². The minimum Gasteiger partial charge on any atom is -0.348 e. The first kappa shape index (κ1) is 19.5. The quantitative estimate of drug-likeness (QED) is 0.454. The molecule has 0 spiro atoms. The topological polar surface area (TPSA) is 110 Å². The van der Waals surface area contributed by atoms with E-state index in [-0.39, 0.29) is 22.9 Å². The van der Waals surface area contributed by atoms with E-state index >= 15 is 0 Å². The molecule has 0 radical (unpaired) electrons. The zero-order valence-corrected chi connectivity index (χ0v) is 15.6. The maximum atomic E-state index is 12.5. The van der Waals surface area contributed by atoms with Gasteiger partial charge in [0.2, 0.25) is 5.91 Å². The Morgan fingerprint density at radius 3 is 2.39 bits per heavy atom. The largest absolute Gasteiger partial charge is 0.348 e. The van der Waals surface area contributed by atoms with Gasteiger partial charge in [0.1, 0.15) is 6.54 Å². The monoisotopic (exact) mass is 401 g/mol. The lowest BCUT2D eigenvalue weighted by atomic mass is 10.0. The van der Waals surface area contributed by atoms with Gasteiger partial charge in [-0.25, -0.2) is 0 Å². The van der Waals surface area contributed by atoms with Crippen LogP contribution >= 0.6 is 11.6 Å². The number of hydrogen-bond donors (Lipinski definition) is 1. The van der Waals surface area contributed by atoms with Crippen molar-refractivity contribution >= 4 is 35.0 Å². The first-order valence-corrected chi connectivity index (χ1v) is 8.89. The van der Waals surface area contributed by atoms with Crippen molar-refractivity contribution in [3.05, 3.63) is 74.3 Å². The number of hydrogen-bond acceptors (Lipinski definition) is 5. The van der Waals surface area contributed by atoms with Gasteiger partial charge in [0.25, 0.3) is 17.5 Å². The Balaban J connectivity index is 1.73. The van der Waals surface area contributed by atoms with Crippen LogP contribution in [0.2, 0.25) is 5.02 Å². The van der Waals surface area contributed by atoms with E-state index in [1.54, 1.807) is 24.3 Å². The number of nitro groups is 1. The fourth-order valence-electron chi connectivity index (χ4n) is 3.04. The minimum atomic E-state index is -0.724. The van der Waals surface area contributed by atoms with E-state index in [0.717, 1.165) is 22.6 Å². The summed E-state index contributed by atoms with van der Waals surface area (Å²) in [6.07, 6.45) is 0.599. The number of halogens is 1. The van der Waals surface area contributed by atoms with Crippen molar-refractivity contribution in [2.24, 2.45) is 0 Å².